The summed E-state index contributed by atoms with van der Waals surface area (Å²) < 4.78 is 34.6. The van der Waals surface area contributed by atoms with Crippen molar-refractivity contribution in [3.05, 3.63) is 84.7 Å². The van der Waals surface area contributed by atoms with Crippen molar-refractivity contribution in [2.75, 3.05) is 0 Å². The minimum absolute atomic E-state index is 0.0369. The van der Waals surface area contributed by atoms with Crippen LogP contribution in [0.5, 0.6) is 11.5 Å². The highest BCUT2D eigenvalue weighted by Crippen LogP contribution is 2.30. The van der Waals surface area contributed by atoms with Crippen molar-refractivity contribution in [3.8, 4) is 11.5 Å². The topological polar surface area (TPSA) is 138 Å². The lowest BCUT2D eigenvalue weighted by Crippen LogP contribution is -2.55. The third-order valence-electron chi connectivity index (χ3n) is 6.40. The molecule has 1 amide bonds. The van der Waals surface area contributed by atoms with Gasteiger partial charge in [-0.1, -0.05) is 49.6 Å². The number of hydrogen-bond donors (Lipinski definition) is 4. The van der Waals surface area contributed by atoms with Gasteiger partial charge in [0.15, 0.2) is 0 Å². The molecule has 4 rings (SSSR count). The number of sulfonamides is 1. The van der Waals surface area contributed by atoms with Gasteiger partial charge in [-0.25, -0.2) is 8.42 Å². The molecule has 1 saturated carbocycles. The van der Waals surface area contributed by atoms with Crippen molar-refractivity contribution in [2.45, 2.75) is 49.0 Å². The fourth-order valence-electron chi connectivity index (χ4n) is 4.15. The second-order valence-corrected chi connectivity index (χ2v) is 10.9. The maximum absolute atomic E-state index is 13.2. The van der Waals surface area contributed by atoms with Crippen molar-refractivity contribution in [1.82, 2.24) is 15.0 Å². The predicted molar refractivity (Wildman–Crippen MR) is 139 cm³/mol. The molecule has 2 atom stereocenters. The van der Waals surface area contributed by atoms with E-state index in [2.05, 4.69) is 15.0 Å². The molecule has 0 unspecified atom stereocenters. The Kier molecular flexibility index (Phi) is 8.93. The SMILES string of the molecule is O=C(N[C@@H](CC1CCC1)B(O)O)[C@H](Cc1ccccc1)NS(=O)(=O)c1ccc(Oc2cccnc2)cc1. The van der Waals surface area contributed by atoms with E-state index in [1.54, 1.807) is 48.8 Å². The summed E-state index contributed by atoms with van der Waals surface area (Å²) in [5.74, 6) is -0.255. The zero-order chi connectivity index (χ0) is 26.3. The summed E-state index contributed by atoms with van der Waals surface area (Å²) in [5, 5.41) is 22.3. The van der Waals surface area contributed by atoms with E-state index in [-0.39, 0.29) is 11.3 Å². The number of aromatic nitrogens is 1. The van der Waals surface area contributed by atoms with Crippen LogP contribution in [0.4, 0.5) is 0 Å². The summed E-state index contributed by atoms with van der Waals surface area (Å²) >= 11 is 0. The van der Waals surface area contributed by atoms with Gasteiger partial charge in [0.1, 0.15) is 17.5 Å². The van der Waals surface area contributed by atoms with Gasteiger partial charge in [0, 0.05) is 6.20 Å². The van der Waals surface area contributed by atoms with Crippen LogP contribution in [-0.2, 0) is 21.2 Å². The Bertz CT molecular complexity index is 1260. The van der Waals surface area contributed by atoms with Crippen LogP contribution in [0, 0.1) is 5.92 Å². The highest BCUT2D eigenvalue weighted by molar-refractivity contribution is 7.89. The average molecular weight is 523 g/mol. The number of pyridine rings is 1. The highest BCUT2D eigenvalue weighted by atomic mass is 32.2. The standard InChI is InChI=1S/C26H30BN3O6S/c31-26(29-25(27(32)33)17-20-8-4-9-20)24(16-19-6-2-1-3-7-19)30-37(34,35)23-13-11-21(12-14-23)36-22-10-5-15-28-18-22/h1-3,5-7,10-15,18,20,24-25,30,32-33H,4,8-9,16-17H2,(H,29,31)/t24-,25-/m0/s1. The molecule has 1 aliphatic carbocycles. The fourth-order valence-corrected chi connectivity index (χ4v) is 5.34. The van der Waals surface area contributed by atoms with E-state index in [1.807, 2.05) is 6.07 Å². The first-order chi connectivity index (χ1) is 17.8. The van der Waals surface area contributed by atoms with Crippen LogP contribution in [0.1, 0.15) is 31.2 Å². The number of nitrogens with zero attached hydrogens (tertiary/aromatic N) is 1. The van der Waals surface area contributed by atoms with Crippen LogP contribution in [0.3, 0.4) is 0 Å². The quantitative estimate of drug-likeness (QED) is 0.268. The highest BCUT2D eigenvalue weighted by Gasteiger charge is 2.34. The van der Waals surface area contributed by atoms with Crippen molar-refractivity contribution in [3.63, 3.8) is 0 Å². The van der Waals surface area contributed by atoms with E-state index in [0.717, 1.165) is 24.8 Å². The molecular weight excluding hydrogens is 493 g/mol. The minimum Gasteiger partial charge on any atom is -0.456 e. The van der Waals surface area contributed by atoms with E-state index in [0.29, 0.717) is 23.8 Å². The van der Waals surface area contributed by atoms with Crippen LogP contribution < -0.4 is 14.8 Å². The van der Waals surface area contributed by atoms with Gasteiger partial charge in [-0.3, -0.25) is 9.78 Å². The van der Waals surface area contributed by atoms with Gasteiger partial charge in [0.2, 0.25) is 15.9 Å². The molecule has 0 radical (unpaired) electrons. The lowest BCUT2D eigenvalue weighted by molar-refractivity contribution is -0.123. The lowest BCUT2D eigenvalue weighted by atomic mass is 9.69. The molecular formula is C26H30BN3O6S. The number of ether oxygens (including phenoxy) is 1. The maximum Gasteiger partial charge on any atom is 0.475 e. The number of hydrogen-bond acceptors (Lipinski definition) is 7. The Morgan fingerprint density at radius 3 is 2.35 bits per heavy atom. The summed E-state index contributed by atoms with van der Waals surface area (Å²) in [6.07, 6.45) is 6.70. The Morgan fingerprint density at radius 1 is 1.03 bits per heavy atom. The number of carbonyl (C=O) groups is 1. The molecule has 1 heterocycles. The molecule has 9 nitrogen and oxygen atoms in total. The first-order valence-corrected chi connectivity index (χ1v) is 13.7. The van der Waals surface area contributed by atoms with E-state index in [4.69, 9.17) is 4.74 Å². The van der Waals surface area contributed by atoms with E-state index in [1.165, 1.54) is 24.3 Å². The normalized spacial score (nSPS) is 15.3. The Labute approximate surface area is 217 Å². The molecule has 194 valence electrons. The minimum atomic E-state index is -4.09. The number of benzene rings is 2. The maximum atomic E-state index is 13.2. The molecule has 4 N–H and O–H groups in total. The first kappa shape index (κ1) is 26.8. The van der Waals surface area contributed by atoms with Gasteiger partial charge in [-0.05, 0) is 60.7 Å². The second-order valence-electron chi connectivity index (χ2n) is 9.19. The summed E-state index contributed by atoms with van der Waals surface area (Å²) in [6, 6.07) is 17.1. The average Bonchev–Trinajstić information content (AvgIpc) is 2.86. The summed E-state index contributed by atoms with van der Waals surface area (Å²) in [4.78, 5) is 17.2. The third-order valence-corrected chi connectivity index (χ3v) is 7.89. The molecule has 0 aliphatic heterocycles. The van der Waals surface area contributed by atoms with Gasteiger partial charge in [-0.2, -0.15) is 4.72 Å². The zero-order valence-corrected chi connectivity index (χ0v) is 21.0. The molecule has 11 heteroatoms. The molecule has 1 fully saturated rings. The smallest absolute Gasteiger partial charge is 0.456 e. The number of nitrogens with one attached hydrogen (secondary N) is 2. The van der Waals surface area contributed by atoms with Gasteiger partial charge in [0.25, 0.3) is 0 Å². The van der Waals surface area contributed by atoms with Crippen molar-refractivity contribution in [1.29, 1.82) is 0 Å². The van der Waals surface area contributed by atoms with Crippen molar-refractivity contribution in [2.24, 2.45) is 5.92 Å². The van der Waals surface area contributed by atoms with Gasteiger partial charge in [0.05, 0.1) is 17.0 Å². The van der Waals surface area contributed by atoms with E-state index < -0.39 is 35.0 Å². The van der Waals surface area contributed by atoms with Gasteiger partial charge < -0.3 is 20.1 Å². The molecule has 37 heavy (non-hydrogen) atoms. The molecule has 0 saturated heterocycles. The summed E-state index contributed by atoms with van der Waals surface area (Å²) in [6.45, 7) is 0. The van der Waals surface area contributed by atoms with E-state index in [9.17, 15) is 23.3 Å². The molecule has 0 spiro atoms. The number of amides is 1. The summed E-state index contributed by atoms with van der Waals surface area (Å²) in [7, 11) is -5.84. The van der Waals surface area contributed by atoms with E-state index >= 15 is 0 Å². The Morgan fingerprint density at radius 2 is 1.76 bits per heavy atom. The summed E-state index contributed by atoms with van der Waals surface area (Å²) in [5.41, 5.74) is 0.755. The molecule has 3 aromatic rings. The first-order valence-electron chi connectivity index (χ1n) is 12.2. The van der Waals surface area contributed by atoms with Crippen LogP contribution in [0.2, 0.25) is 0 Å². The molecule has 1 aliphatic rings. The van der Waals surface area contributed by atoms with Crippen LogP contribution in [0.15, 0.2) is 84.0 Å². The lowest BCUT2D eigenvalue weighted by Gasteiger charge is -2.30. The molecule has 1 aromatic heterocycles. The fraction of sp³-hybridized carbons (Fsp3) is 0.308. The molecule has 0 bridgehead atoms. The predicted octanol–water partition coefficient (Wildman–Crippen LogP) is 2.45. The van der Waals surface area contributed by atoms with Crippen LogP contribution >= 0.6 is 0 Å². The largest absolute Gasteiger partial charge is 0.475 e. The Hall–Kier alpha value is -3.25. The number of rotatable bonds is 12. The van der Waals surface area contributed by atoms with Crippen molar-refractivity contribution >= 4 is 23.0 Å². The van der Waals surface area contributed by atoms with Gasteiger partial charge in [-0.15, -0.1) is 0 Å². The van der Waals surface area contributed by atoms with Crippen molar-refractivity contribution < 1.29 is 28.0 Å². The second kappa shape index (κ2) is 12.3. The molecule has 2 aromatic carbocycles. The zero-order valence-electron chi connectivity index (χ0n) is 20.2. The Balaban J connectivity index is 1.49. The van der Waals surface area contributed by atoms with Gasteiger partial charge >= 0.3 is 7.12 Å². The van der Waals surface area contributed by atoms with Crippen LogP contribution in [0.25, 0.3) is 0 Å². The number of carbonyl (C=O) groups excluding carboxylic acids is 1. The van der Waals surface area contributed by atoms with Crippen LogP contribution in [-0.4, -0.2) is 48.5 Å². The monoisotopic (exact) mass is 523 g/mol. The third kappa shape index (κ3) is 7.62.